The van der Waals surface area contributed by atoms with Crippen molar-refractivity contribution in [3.05, 3.63) is 84.8 Å². The first-order valence-electron chi connectivity index (χ1n) is 13.4. The Morgan fingerprint density at radius 3 is 1.83 bits per heavy atom. The number of rotatable bonds is 10. The molecule has 246 valence electrons. The summed E-state index contributed by atoms with van der Waals surface area (Å²) in [6.45, 7) is -1.08. The van der Waals surface area contributed by atoms with E-state index in [-0.39, 0.29) is 25.8 Å². The molecule has 0 fully saturated rings. The van der Waals surface area contributed by atoms with Gasteiger partial charge in [-0.3, -0.25) is 8.63 Å². The van der Waals surface area contributed by atoms with Crippen molar-refractivity contribution in [1.82, 2.24) is 4.48 Å². The van der Waals surface area contributed by atoms with Crippen LogP contribution in [0.3, 0.4) is 0 Å². The number of thiophene rings is 2. The topological polar surface area (TPSA) is 110 Å². The van der Waals surface area contributed by atoms with Crippen LogP contribution in [0.25, 0.3) is 42.7 Å². The van der Waals surface area contributed by atoms with Crippen LogP contribution in [0, 0.1) is 0 Å². The number of nitrogens with zero attached hydrogens (tertiary/aromatic N) is 2. The third-order valence-corrected chi connectivity index (χ3v) is 11.3. The fourth-order valence-electron chi connectivity index (χ4n) is 4.96. The van der Waals surface area contributed by atoms with Crippen molar-refractivity contribution in [3.8, 4) is 32.4 Å². The van der Waals surface area contributed by atoms with Gasteiger partial charge in [0, 0.05) is 5.69 Å². The number of benzene rings is 2. The number of carboxylic acids is 2. The Bertz CT molecular complexity index is 2250. The standard InChI is InChI=1S/C30H16BBr2F5N2O6S2/c32-24-26-19(47-28(24)13-1-5-15(6-2-13)45-11-21(41)42)9-17(39-26)23(30(34,35)36)18-10-20-27(40(18)31(37)38)25(33)29(48-20)14-3-7-16(8-4-14)46-12-22(43)44/h1-10H,11-12H2,(H,41,42)(H,43,44)/b23-17+. The summed E-state index contributed by atoms with van der Waals surface area (Å²) < 4.78 is 85.3. The largest absolute Gasteiger partial charge is 0.678 e. The van der Waals surface area contributed by atoms with Gasteiger partial charge in [-0.15, -0.1) is 22.7 Å². The number of hydrogen-bond donors (Lipinski definition) is 2. The van der Waals surface area contributed by atoms with Gasteiger partial charge in [-0.1, -0.05) is 0 Å². The summed E-state index contributed by atoms with van der Waals surface area (Å²) in [7, 11) is -3.34. The first-order chi connectivity index (χ1) is 22.7. The Morgan fingerprint density at radius 2 is 1.38 bits per heavy atom. The fraction of sp³-hybridized carbons (Fsp3) is 0.100. The lowest BCUT2D eigenvalue weighted by atomic mass is 10.1. The lowest BCUT2D eigenvalue weighted by molar-refractivity contribution is -0.140. The normalized spacial score (nSPS) is 13.6. The molecule has 1 aliphatic rings. The van der Waals surface area contributed by atoms with Crippen LogP contribution in [0.4, 0.5) is 21.8 Å². The number of alkyl halides is 3. The number of aliphatic carboxylic acids is 2. The average molecular weight is 830 g/mol. The molecule has 2 aromatic carbocycles. The molecule has 0 unspecified atom stereocenters. The molecule has 0 amide bonds. The molecule has 0 bridgehead atoms. The van der Waals surface area contributed by atoms with Crippen LogP contribution in [-0.2, 0) is 9.59 Å². The molecular formula is C30H16BBr2F5N2O6S2. The molecule has 1 aliphatic heterocycles. The molecule has 48 heavy (non-hydrogen) atoms. The minimum atomic E-state index is -5.06. The zero-order chi connectivity index (χ0) is 34.5. The van der Waals surface area contributed by atoms with E-state index in [0.29, 0.717) is 40.1 Å². The van der Waals surface area contributed by atoms with E-state index >= 15 is 0 Å². The highest BCUT2D eigenvalue weighted by Gasteiger charge is 2.42. The van der Waals surface area contributed by atoms with E-state index in [1.807, 2.05) is 0 Å². The van der Waals surface area contributed by atoms with Crippen molar-refractivity contribution in [2.75, 3.05) is 13.2 Å². The first-order valence-corrected chi connectivity index (χ1v) is 16.7. The molecule has 5 aromatic rings. The van der Waals surface area contributed by atoms with Crippen molar-refractivity contribution in [2.24, 2.45) is 4.99 Å². The maximum absolute atomic E-state index is 14.7. The van der Waals surface area contributed by atoms with E-state index in [4.69, 9.17) is 19.7 Å². The number of halogens is 7. The van der Waals surface area contributed by atoms with Crippen LogP contribution in [0.5, 0.6) is 11.5 Å². The molecule has 0 atom stereocenters. The van der Waals surface area contributed by atoms with E-state index in [0.717, 1.165) is 28.7 Å². The predicted octanol–water partition coefficient (Wildman–Crippen LogP) is 7.71. The highest BCUT2D eigenvalue weighted by molar-refractivity contribution is 9.11. The van der Waals surface area contributed by atoms with E-state index in [9.17, 15) is 31.4 Å². The summed E-state index contributed by atoms with van der Waals surface area (Å²) >= 11 is 8.92. The Hall–Kier alpha value is -4.00. The minimum Gasteiger partial charge on any atom is -0.482 e. The van der Waals surface area contributed by atoms with Crippen molar-refractivity contribution < 1.29 is 51.1 Å². The summed E-state index contributed by atoms with van der Waals surface area (Å²) in [5.41, 5.74) is -1.49. The van der Waals surface area contributed by atoms with Gasteiger partial charge in [0.05, 0.1) is 44.5 Å². The number of ether oxygens (including phenoxy) is 2. The van der Waals surface area contributed by atoms with Crippen molar-refractivity contribution in [2.45, 2.75) is 6.18 Å². The van der Waals surface area contributed by atoms with Crippen molar-refractivity contribution in [3.63, 3.8) is 0 Å². The molecule has 18 heteroatoms. The maximum Gasteiger partial charge on any atom is 0.678 e. The summed E-state index contributed by atoms with van der Waals surface area (Å²) in [5.74, 6) is -1.71. The van der Waals surface area contributed by atoms with Gasteiger partial charge in [0.2, 0.25) is 0 Å². The third kappa shape index (κ3) is 6.53. The average Bonchev–Trinajstić information content (AvgIpc) is 3.76. The molecule has 0 aliphatic carbocycles. The van der Waals surface area contributed by atoms with Crippen molar-refractivity contribution in [1.29, 1.82) is 0 Å². The van der Waals surface area contributed by atoms with Gasteiger partial charge in [-0.2, -0.15) is 13.2 Å². The number of carboxylic acid groups (broad SMARTS) is 2. The molecule has 0 saturated heterocycles. The number of hydrogen-bond acceptors (Lipinski definition) is 7. The Labute approximate surface area is 291 Å². The minimum absolute atomic E-state index is 0.124. The molecule has 4 heterocycles. The predicted molar refractivity (Wildman–Crippen MR) is 178 cm³/mol. The maximum atomic E-state index is 14.7. The summed E-state index contributed by atoms with van der Waals surface area (Å²) in [6.07, 6.45) is -3.84. The van der Waals surface area contributed by atoms with Gasteiger partial charge in [-0.25, -0.2) is 14.6 Å². The van der Waals surface area contributed by atoms with Gasteiger partial charge in [-0.05, 0) is 104 Å². The fourth-order valence-corrected chi connectivity index (χ4v) is 9.08. The number of fused-ring (bicyclic) bond motifs is 2. The second-order valence-corrected chi connectivity index (χ2v) is 13.7. The van der Waals surface area contributed by atoms with Gasteiger partial charge in [0.1, 0.15) is 17.1 Å². The van der Waals surface area contributed by atoms with Crippen LogP contribution >= 0.6 is 54.5 Å². The van der Waals surface area contributed by atoms with Crippen LogP contribution in [-0.4, -0.2) is 53.4 Å². The lowest BCUT2D eigenvalue weighted by Gasteiger charge is -2.16. The zero-order valence-electron chi connectivity index (χ0n) is 23.6. The van der Waals surface area contributed by atoms with Crippen molar-refractivity contribution >= 4 is 95.7 Å². The molecule has 0 spiro atoms. The van der Waals surface area contributed by atoms with Gasteiger partial charge in [0.15, 0.2) is 13.2 Å². The Morgan fingerprint density at radius 1 is 0.854 bits per heavy atom. The number of allylic oxidation sites excluding steroid dienone is 2. The van der Waals surface area contributed by atoms with Crippen LogP contribution in [0.1, 0.15) is 5.69 Å². The summed E-state index contributed by atoms with van der Waals surface area (Å²) in [6, 6.07) is 13.7. The smallest absolute Gasteiger partial charge is 0.482 e. The summed E-state index contributed by atoms with van der Waals surface area (Å²) in [5, 5.41) is 17.8. The second-order valence-electron chi connectivity index (χ2n) is 10.0. The van der Waals surface area contributed by atoms with Crippen LogP contribution in [0.15, 0.2) is 74.2 Å². The zero-order valence-corrected chi connectivity index (χ0v) is 28.5. The van der Waals surface area contributed by atoms with Crippen LogP contribution in [0.2, 0.25) is 0 Å². The second kappa shape index (κ2) is 13.1. The first kappa shape index (κ1) is 33.9. The monoisotopic (exact) mass is 828 g/mol. The van der Waals surface area contributed by atoms with E-state index in [1.54, 1.807) is 36.4 Å². The highest BCUT2D eigenvalue weighted by atomic mass is 79.9. The number of aromatic nitrogens is 1. The van der Waals surface area contributed by atoms with Gasteiger partial charge < -0.3 is 24.2 Å². The molecular weight excluding hydrogens is 814 g/mol. The molecule has 6 rings (SSSR count). The Balaban J connectivity index is 1.40. The van der Waals surface area contributed by atoms with Gasteiger partial charge in [0.25, 0.3) is 0 Å². The van der Waals surface area contributed by atoms with Gasteiger partial charge >= 0.3 is 25.5 Å². The SMILES string of the molecule is O=C(O)COc1ccc(-c2sc3c(c2Br)=N/C(=C(\c2cc4sc(-c5ccc(OCC(=O)O)cc5)c(Br)c4n2B(F)F)C(F)(F)F)C=3)cc1. The number of carbonyl (C=O) groups is 2. The van der Waals surface area contributed by atoms with E-state index < -0.39 is 55.7 Å². The quantitative estimate of drug-likeness (QED) is 0.110. The highest BCUT2D eigenvalue weighted by Crippen LogP contribution is 2.48. The molecule has 0 saturated carbocycles. The lowest BCUT2D eigenvalue weighted by Crippen LogP contribution is -2.21. The molecule has 8 nitrogen and oxygen atoms in total. The molecule has 3 aromatic heterocycles. The van der Waals surface area contributed by atoms with Crippen LogP contribution < -0.4 is 19.4 Å². The van der Waals surface area contributed by atoms with E-state index in [2.05, 4.69) is 36.9 Å². The molecule has 0 radical (unpaired) electrons. The Kier molecular flexibility index (Phi) is 9.27. The molecule has 2 N–H and O–H groups in total. The third-order valence-electron chi connectivity index (χ3n) is 6.92. The summed E-state index contributed by atoms with van der Waals surface area (Å²) in [4.78, 5) is 26.9. The van der Waals surface area contributed by atoms with E-state index in [1.165, 1.54) is 18.2 Å².